The summed E-state index contributed by atoms with van der Waals surface area (Å²) in [6.07, 6.45) is -0.100. The van der Waals surface area contributed by atoms with Gasteiger partial charge in [0.1, 0.15) is 0 Å². The molecule has 1 heterocycles. The highest BCUT2D eigenvalue weighted by Gasteiger charge is 2.29. The number of aryl methyl sites for hydroxylation is 1. The zero-order chi connectivity index (χ0) is 12.6. The van der Waals surface area contributed by atoms with Crippen LogP contribution in [0.25, 0.3) is 0 Å². The van der Waals surface area contributed by atoms with Gasteiger partial charge < -0.3 is 10.0 Å². The molecular weight excluding hydrogens is 222 g/mol. The zero-order valence-corrected chi connectivity index (χ0v) is 9.27. The van der Waals surface area contributed by atoms with E-state index in [1.54, 1.807) is 13.0 Å². The molecule has 88 valence electrons. The van der Waals surface area contributed by atoms with Crippen LogP contribution in [0.1, 0.15) is 22.3 Å². The smallest absolute Gasteiger partial charge is 0.335 e. The highest BCUT2D eigenvalue weighted by atomic mass is 16.4. The Morgan fingerprint density at radius 2 is 2.06 bits per heavy atom. The molecule has 1 N–H and O–H groups in total. The van der Waals surface area contributed by atoms with Gasteiger partial charge >= 0.3 is 5.97 Å². The van der Waals surface area contributed by atoms with Gasteiger partial charge in [0.2, 0.25) is 5.91 Å². The summed E-state index contributed by atoms with van der Waals surface area (Å²) >= 11 is 0. The number of carbonyl (C=O) groups excluding carboxylic acids is 2. The summed E-state index contributed by atoms with van der Waals surface area (Å²) in [4.78, 5) is 35.0. The lowest BCUT2D eigenvalue weighted by molar-refractivity contribution is -0.121. The molecule has 5 heteroatoms. The molecule has 0 unspecified atom stereocenters. The lowest BCUT2D eigenvalue weighted by Crippen LogP contribution is -2.25. The van der Waals surface area contributed by atoms with E-state index in [1.807, 2.05) is 0 Å². The fourth-order valence-corrected chi connectivity index (χ4v) is 1.84. The monoisotopic (exact) mass is 233 g/mol. The molecule has 0 aromatic heterocycles. The van der Waals surface area contributed by atoms with Crippen LogP contribution in [0.3, 0.4) is 0 Å². The number of hydrogen-bond acceptors (Lipinski definition) is 3. The van der Waals surface area contributed by atoms with Gasteiger partial charge in [-0.25, -0.2) is 4.79 Å². The van der Waals surface area contributed by atoms with Crippen LogP contribution in [0.2, 0.25) is 0 Å². The van der Waals surface area contributed by atoms with Crippen molar-refractivity contribution in [1.29, 1.82) is 0 Å². The van der Waals surface area contributed by atoms with Crippen LogP contribution in [0, 0.1) is 6.92 Å². The van der Waals surface area contributed by atoms with E-state index in [9.17, 15) is 14.4 Å². The standard InChI is InChI=1S/C12H11NO4/c1-7-2-3-8(12(16)17)4-10(7)13-6-9(14)5-11(13)15/h2-4H,5-6H2,1H3,(H,16,17). The summed E-state index contributed by atoms with van der Waals surface area (Å²) < 4.78 is 0. The Hall–Kier alpha value is -2.17. The van der Waals surface area contributed by atoms with E-state index >= 15 is 0 Å². The van der Waals surface area contributed by atoms with Gasteiger partial charge in [-0.2, -0.15) is 0 Å². The Balaban J connectivity index is 2.44. The van der Waals surface area contributed by atoms with Gasteiger partial charge in [0, 0.05) is 5.69 Å². The molecule has 5 nitrogen and oxygen atoms in total. The normalized spacial score (nSPS) is 15.5. The second-order valence-electron chi connectivity index (χ2n) is 4.00. The summed E-state index contributed by atoms with van der Waals surface area (Å²) in [7, 11) is 0. The first-order valence-corrected chi connectivity index (χ1v) is 5.15. The van der Waals surface area contributed by atoms with Crippen LogP contribution in [0.4, 0.5) is 5.69 Å². The summed E-state index contributed by atoms with van der Waals surface area (Å²) in [6, 6.07) is 4.53. The van der Waals surface area contributed by atoms with Crippen LogP contribution in [-0.4, -0.2) is 29.3 Å². The first-order chi connectivity index (χ1) is 7.99. The molecule has 0 radical (unpaired) electrons. The van der Waals surface area contributed by atoms with E-state index in [0.717, 1.165) is 5.56 Å². The van der Waals surface area contributed by atoms with Crippen molar-refractivity contribution in [3.8, 4) is 0 Å². The minimum absolute atomic E-state index is 0.0305. The highest BCUT2D eigenvalue weighted by Crippen LogP contribution is 2.25. The first-order valence-electron chi connectivity index (χ1n) is 5.15. The zero-order valence-electron chi connectivity index (χ0n) is 9.27. The Labute approximate surface area is 97.7 Å². The van der Waals surface area contributed by atoms with Crippen LogP contribution < -0.4 is 4.90 Å². The van der Waals surface area contributed by atoms with Crippen LogP contribution in [0.15, 0.2) is 18.2 Å². The van der Waals surface area contributed by atoms with Gasteiger partial charge in [-0.05, 0) is 24.6 Å². The lowest BCUT2D eigenvalue weighted by atomic mass is 10.1. The average molecular weight is 233 g/mol. The van der Waals surface area contributed by atoms with E-state index < -0.39 is 5.97 Å². The number of Topliss-reactive ketones (excluding diaryl/α,β-unsaturated/α-hetero) is 1. The van der Waals surface area contributed by atoms with Gasteiger partial charge in [0.25, 0.3) is 0 Å². The molecule has 1 saturated heterocycles. The predicted molar refractivity (Wildman–Crippen MR) is 60.1 cm³/mol. The summed E-state index contributed by atoms with van der Waals surface area (Å²) in [5.74, 6) is -1.47. The molecule has 0 spiro atoms. The molecule has 0 bridgehead atoms. The number of carboxylic acid groups (broad SMARTS) is 1. The largest absolute Gasteiger partial charge is 0.478 e. The highest BCUT2D eigenvalue weighted by molar-refractivity contribution is 6.15. The van der Waals surface area contributed by atoms with Gasteiger partial charge in [-0.1, -0.05) is 6.07 Å². The van der Waals surface area contributed by atoms with Crippen molar-refractivity contribution < 1.29 is 19.5 Å². The number of ketones is 1. The van der Waals surface area contributed by atoms with Gasteiger partial charge in [-0.3, -0.25) is 9.59 Å². The van der Waals surface area contributed by atoms with Crippen molar-refractivity contribution in [2.24, 2.45) is 0 Å². The number of hydrogen-bond donors (Lipinski definition) is 1. The molecule has 1 amide bonds. The van der Waals surface area contributed by atoms with E-state index in [0.29, 0.717) is 5.69 Å². The number of aromatic carboxylic acids is 1. The Kier molecular flexibility index (Phi) is 2.67. The second kappa shape index (κ2) is 4.01. The van der Waals surface area contributed by atoms with E-state index in [4.69, 9.17) is 5.11 Å². The molecule has 1 aromatic rings. The number of anilines is 1. The van der Waals surface area contributed by atoms with Gasteiger partial charge in [-0.15, -0.1) is 0 Å². The summed E-state index contributed by atoms with van der Waals surface area (Å²) in [5, 5.41) is 8.89. The maximum absolute atomic E-state index is 11.6. The topological polar surface area (TPSA) is 74.7 Å². The molecule has 1 aromatic carbocycles. The summed E-state index contributed by atoms with van der Waals surface area (Å²) in [6.45, 7) is 1.81. The van der Waals surface area contributed by atoms with Crippen molar-refractivity contribution in [3.05, 3.63) is 29.3 Å². The molecule has 0 atom stereocenters. The third kappa shape index (κ3) is 2.04. The molecule has 1 aliphatic heterocycles. The van der Waals surface area contributed by atoms with Crippen LogP contribution in [0.5, 0.6) is 0 Å². The molecule has 0 aliphatic carbocycles. The average Bonchev–Trinajstić information content (AvgIpc) is 2.58. The maximum Gasteiger partial charge on any atom is 0.335 e. The predicted octanol–water partition coefficient (Wildman–Crippen LogP) is 0.999. The van der Waals surface area contributed by atoms with Crippen molar-refractivity contribution in [2.75, 3.05) is 11.4 Å². The minimum Gasteiger partial charge on any atom is -0.478 e. The number of rotatable bonds is 2. The lowest BCUT2D eigenvalue weighted by Gasteiger charge is -2.17. The van der Waals surface area contributed by atoms with Crippen LogP contribution in [-0.2, 0) is 9.59 Å². The van der Waals surface area contributed by atoms with Crippen LogP contribution >= 0.6 is 0 Å². The number of carbonyl (C=O) groups is 3. The third-order valence-electron chi connectivity index (χ3n) is 2.73. The Bertz CT molecular complexity index is 521. The molecule has 1 aliphatic rings. The van der Waals surface area contributed by atoms with E-state index in [2.05, 4.69) is 0 Å². The van der Waals surface area contributed by atoms with Gasteiger partial charge in [0.05, 0.1) is 18.5 Å². The van der Waals surface area contributed by atoms with Crippen molar-refractivity contribution >= 4 is 23.3 Å². The Morgan fingerprint density at radius 3 is 2.59 bits per heavy atom. The Morgan fingerprint density at radius 1 is 1.35 bits per heavy atom. The molecule has 1 fully saturated rings. The van der Waals surface area contributed by atoms with E-state index in [-0.39, 0.29) is 30.2 Å². The maximum atomic E-state index is 11.6. The SMILES string of the molecule is Cc1ccc(C(=O)O)cc1N1CC(=O)CC1=O. The van der Waals surface area contributed by atoms with Gasteiger partial charge in [0.15, 0.2) is 5.78 Å². The minimum atomic E-state index is -1.05. The van der Waals surface area contributed by atoms with Crippen molar-refractivity contribution in [3.63, 3.8) is 0 Å². The third-order valence-corrected chi connectivity index (χ3v) is 2.73. The first kappa shape index (κ1) is 11.3. The number of amides is 1. The number of nitrogens with zero attached hydrogens (tertiary/aromatic N) is 1. The fourth-order valence-electron chi connectivity index (χ4n) is 1.84. The quantitative estimate of drug-likeness (QED) is 0.773. The van der Waals surface area contributed by atoms with Crippen molar-refractivity contribution in [1.82, 2.24) is 0 Å². The molecule has 0 saturated carbocycles. The van der Waals surface area contributed by atoms with Crippen molar-refractivity contribution in [2.45, 2.75) is 13.3 Å². The molecular formula is C12H11NO4. The molecule has 2 rings (SSSR count). The van der Waals surface area contributed by atoms with E-state index in [1.165, 1.54) is 17.0 Å². The second-order valence-corrected chi connectivity index (χ2v) is 4.00. The summed E-state index contributed by atoms with van der Waals surface area (Å²) in [5.41, 5.74) is 1.39. The number of benzene rings is 1. The fraction of sp³-hybridized carbons (Fsp3) is 0.250. The molecule has 17 heavy (non-hydrogen) atoms. The number of carboxylic acids is 1.